The predicted molar refractivity (Wildman–Crippen MR) is 73.9 cm³/mol. The van der Waals surface area contributed by atoms with Gasteiger partial charge < -0.3 is 10.0 Å². The van der Waals surface area contributed by atoms with Crippen molar-refractivity contribution in [1.29, 1.82) is 0 Å². The van der Waals surface area contributed by atoms with E-state index >= 15 is 0 Å². The molecule has 4 heteroatoms. The van der Waals surface area contributed by atoms with Gasteiger partial charge in [0.2, 0.25) is 0 Å². The number of amides is 1. The summed E-state index contributed by atoms with van der Waals surface area (Å²) in [5.41, 5.74) is 1.94. The Hall–Kier alpha value is -1.55. The number of quaternary nitrogens is 1. The Morgan fingerprint density at radius 1 is 1.28 bits per heavy atom. The number of rotatable bonds is 2. The van der Waals surface area contributed by atoms with Gasteiger partial charge in [0.05, 0.1) is 6.04 Å². The quantitative estimate of drug-likeness (QED) is 0.818. The molecule has 4 nitrogen and oxygen atoms in total. The summed E-state index contributed by atoms with van der Waals surface area (Å²) in [6.45, 7) is 8.63. The van der Waals surface area contributed by atoms with Gasteiger partial charge in [0.15, 0.2) is 12.4 Å². The van der Waals surface area contributed by atoms with Crippen molar-refractivity contribution in [3.63, 3.8) is 0 Å². The number of hydrogen-bond donors (Lipinski definition) is 1. The van der Waals surface area contributed by atoms with Gasteiger partial charge in [-0.1, -0.05) is 12.1 Å². The zero-order valence-electron chi connectivity index (χ0n) is 11.4. The summed E-state index contributed by atoms with van der Waals surface area (Å²) in [6, 6.07) is 8.14. The van der Waals surface area contributed by atoms with Crippen LogP contribution in [0.15, 0.2) is 24.3 Å². The number of benzene rings is 1. The van der Waals surface area contributed by atoms with Crippen molar-refractivity contribution in [2.24, 2.45) is 0 Å². The average Bonchev–Trinajstić information content (AvgIpc) is 2.65. The topological polar surface area (TPSA) is 40.5 Å². The van der Waals surface area contributed by atoms with Gasteiger partial charge in [0, 0.05) is 12.1 Å². The highest BCUT2D eigenvalue weighted by Gasteiger charge is 2.51. The lowest BCUT2D eigenvalue weighted by molar-refractivity contribution is 0.137. The third-order valence-corrected chi connectivity index (χ3v) is 3.84. The van der Waals surface area contributed by atoms with E-state index in [0.29, 0.717) is 12.7 Å². The first-order chi connectivity index (χ1) is 8.41. The standard InChI is InChI=1S/C14H20N2O2/c1-10(2)15-9-16(11(3)4,14(17)18)13-8-6-5-7-12(13)15/h5-8,10-11H,9H2,1-4H3/p+1. The minimum atomic E-state index is -0.777. The first-order valence-corrected chi connectivity index (χ1v) is 6.38. The van der Waals surface area contributed by atoms with Gasteiger partial charge in [-0.3, -0.25) is 0 Å². The fourth-order valence-corrected chi connectivity index (χ4v) is 2.70. The summed E-state index contributed by atoms with van der Waals surface area (Å²) in [5, 5.41) is 9.73. The number of para-hydroxylation sites is 2. The smallest absolute Gasteiger partial charge is 0.435 e. The number of hydrogen-bond acceptors (Lipinski definition) is 2. The van der Waals surface area contributed by atoms with Crippen LogP contribution in [-0.4, -0.2) is 30.0 Å². The summed E-state index contributed by atoms with van der Waals surface area (Å²) < 4.78 is -0.00560. The van der Waals surface area contributed by atoms with Crippen molar-refractivity contribution in [3.8, 4) is 0 Å². The van der Waals surface area contributed by atoms with Crippen molar-refractivity contribution in [1.82, 2.24) is 4.48 Å². The Kier molecular flexibility index (Phi) is 3.07. The molecule has 1 aromatic rings. The van der Waals surface area contributed by atoms with Crippen LogP contribution in [0.25, 0.3) is 0 Å². The highest BCUT2D eigenvalue weighted by atomic mass is 16.4. The molecular weight excluding hydrogens is 228 g/mol. The molecule has 0 aliphatic carbocycles. The van der Waals surface area contributed by atoms with Gasteiger partial charge in [-0.25, -0.2) is 0 Å². The Balaban J connectivity index is 2.63. The molecule has 0 saturated heterocycles. The highest BCUT2D eigenvalue weighted by Crippen LogP contribution is 2.43. The second-order valence-corrected chi connectivity index (χ2v) is 5.44. The molecule has 0 aromatic heterocycles. The molecule has 0 spiro atoms. The van der Waals surface area contributed by atoms with E-state index in [2.05, 4.69) is 18.7 Å². The van der Waals surface area contributed by atoms with Crippen LogP contribution in [0.2, 0.25) is 0 Å². The molecule has 1 aromatic carbocycles. The summed E-state index contributed by atoms with van der Waals surface area (Å²) in [4.78, 5) is 14.0. The Morgan fingerprint density at radius 2 is 1.89 bits per heavy atom. The van der Waals surface area contributed by atoms with Crippen molar-refractivity contribution in [2.45, 2.75) is 39.8 Å². The van der Waals surface area contributed by atoms with Crippen molar-refractivity contribution in [3.05, 3.63) is 24.3 Å². The number of anilines is 1. The third kappa shape index (κ3) is 1.60. The maximum Gasteiger partial charge on any atom is 0.520 e. The first-order valence-electron chi connectivity index (χ1n) is 6.38. The van der Waals surface area contributed by atoms with E-state index in [1.165, 1.54) is 0 Å². The lowest BCUT2D eigenvalue weighted by Gasteiger charge is -2.33. The largest absolute Gasteiger partial charge is 0.520 e. The molecule has 0 radical (unpaired) electrons. The molecule has 1 heterocycles. The molecule has 2 rings (SSSR count). The second-order valence-electron chi connectivity index (χ2n) is 5.44. The molecule has 1 aliphatic rings. The van der Waals surface area contributed by atoms with Crippen LogP contribution < -0.4 is 9.38 Å². The third-order valence-electron chi connectivity index (χ3n) is 3.84. The van der Waals surface area contributed by atoms with E-state index in [-0.39, 0.29) is 10.5 Å². The molecule has 1 aliphatic heterocycles. The van der Waals surface area contributed by atoms with Crippen LogP contribution in [0.3, 0.4) is 0 Å². The van der Waals surface area contributed by atoms with E-state index in [4.69, 9.17) is 0 Å². The summed E-state index contributed by atoms with van der Waals surface area (Å²) in [6.07, 6.45) is -0.777. The lowest BCUT2D eigenvalue weighted by atomic mass is 10.2. The second kappa shape index (κ2) is 4.28. The molecule has 98 valence electrons. The molecule has 1 amide bonds. The zero-order chi connectivity index (χ0) is 13.5. The summed E-state index contributed by atoms with van der Waals surface area (Å²) in [5.74, 6) is 0. The monoisotopic (exact) mass is 249 g/mol. The minimum absolute atomic E-state index is 0.00560. The van der Waals surface area contributed by atoms with Gasteiger partial charge in [0.25, 0.3) is 0 Å². The number of fused-ring (bicyclic) bond motifs is 1. The van der Waals surface area contributed by atoms with E-state index in [1.54, 1.807) is 0 Å². The Labute approximate surface area is 108 Å². The molecule has 0 saturated carbocycles. The van der Waals surface area contributed by atoms with Gasteiger partial charge >= 0.3 is 6.09 Å². The summed E-state index contributed by atoms with van der Waals surface area (Å²) >= 11 is 0. The molecule has 1 atom stereocenters. The molecule has 18 heavy (non-hydrogen) atoms. The van der Waals surface area contributed by atoms with Crippen molar-refractivity contribution < 1.29 is 9.90 Å². The lowest BCUT2D eigenvalue weighted by Crippen LogP contribution is -2.60. The van der Waals surface area contributed by atoms with Crippen LogP contribution in [0.1, 0.15) is 27.7 Å². The first kappa shape index (κ1) is 12.9. The molecule has 0 fully saturated rings. The predicted octanol–water partition coefficient (Wildman–Crippen LogP) is 3.27. The molecular formula is C14H21N2O2+. The maximum absolute atomic E-state index is 11.8. The normalized spacial score (nSPS) is 22.7. The fraction of sp³-hybridized carbons (Fsp3) is 0.500. The van der Waals surface area contributed by atoms with Gasteiger partial charge in [0.1, 0.15) is 5.69 Å². The molecule has 0 bridgehead atoms. The molecule has 1 N–H and O–H groups in total. The molecule has 1 unspecified atom stereocenters. The van der Waals surface area contributed by atoms with E-state index < -0.39 is 6.09 Å². The Morgan fingerprint density at radius 3 is 2.39 bits per heavy atom. The minimum Gasteiger partial charge on any atom is -0.435 e. The van der Waals surface area contributed by atoms with Gasteiger partial charge in [-0.05, 0) is 33.8 Å². The van der Waals surface area contributed by atoms with Crippen LogP contribution in [0, 0.1) is 0 Å². The van der Waals surface area contributed by atoms with Crippen LogP contribution >= 0.6 is 0 Å². The van der Waals surface area contributed by atoms with Crippen LogP contribution in [0.5, 0.6) is 0 Å². The fourth-order valence-electron chi connectivity index (χ4n) is 2.70. The van der Waals surface area contributed by atoms with Crippen LogP contribution in [-0.2, 0) is 0 Å². The van der Waals surface area contributed by atoms with Gasteiger partial charge in [-0.2, -0.15) is 9.28 Å². The highest BCUT2D eigenvalue weighted by molar-refractivity contribution is 5.90. The van der Waals surface area contributed by atoms with E-state index in [0.717, 1.165) is 11.4 Å². The van der Waals surface area contributed by atoms with E-state index in [1.807, 2.05) is 38.1 Å². The zero-order valence-corrected chi connectivity index (χ0v) is 11.4. The number of carbonyl (C=O) groups is 1. The van der Waals surface area contributed by atoms with Crippen molar-refractivity contribution >= 4 is 17.5 Å². The van der Waals surface area contributed by atoms with Crippen molar-refractivity contribution in [2.75, 3.05) is 11.6 Å². The average molecular weight is 249 g/mol. The maximum atomic E-state index is 11.8. The number of nitrogens with zero attached hydrogens (tertiary/aromatic N) is 2. The number of carboxylic acid groups (broad SMARTS) is 1. The van der Waals surface area contributed by atoms with Crippen LogP contribution in [0.4, 0.5) is 16.2 Å². The van der Waals surface area contributed by atoms with Gasteiger partial charge in [-0.15, -0.1) is 0 Å². The Bertz CT molecular complexity index is 471. The SMILES string of the molecule is CC(C)N1C[N+](C(=O)O)(C(C)C)c2ccccc21. The van der Waals surface area contributed by atoms with E-state index in [9.17, 15) is 9.90 Å². The summed E-state index contributed by atoms with van der Waals surface area (Å²) in [7, 11) is 0.